The highest BCUT2D eigenvalue weighted by Gasteiger charge is 2.29. The first-order valence-electron chi connectivity index (χ1n) is 2.90. The van der Waals surface area contributed by atoms with Crippen LogP contribution in [0.5, 0.6) is 0 Å². The van der Waals surface area contributed by atoms with Crippen LogP contribution in [0.15, 0.2) is 0 Å². The van der Waals surface area contributed by atoms with Crippen molar-refractivity contribution in [1.29, 1.82) is 0 Å². The van der Waals surface area contributed by atoms with Gasteiger partial charge in [0.15, 0.2) is 13.2 Å². The van der Waals surface area contributed by atoms with Gasteiger partial charge < -0.3 is 9.47 Å². The number of hydrogen-bond donors (Lipinski definition) is 0. The Bertz CT molecular complexity index is 228. The Labute approximate surface area is 85.7 Å². The third-order valence-corrected chi connectivity index (χ3v) is 1.06. The van der Waals surface area contributed by atoms with Crippen LogP contribution in [0.25, 0.3) is 0 Å². The highest BCUT2D eigenvalue weighted by Crippen LogP contribution is 2.14. The molecule has 0 N–H and O–H groups in total. The van der Waals surface area contributed by atoms with Crippen molar-refractivity contribution in [3.63, 3.8) is 0 Å². The van der Waals surface area contributed by atoms with Gasteiger partial charge in [-0.2, -0.15) is 13.2 Å². The number of alkyl halides is 3. The van der Waals surface area contributed by atoms with E-state index < -0.39 is 18.9 Å². The van der Waals surface area contributed by atoms with E-state index >= 15 is 0 Å². The molecule has 0 radical (unpaired) electrons. The lowest BCUT2D eigenvalue weighted by atomic mass is 10.7. The quantitative estimate of drug-likeness (QED) is 0.445. The Balaban J connectivity index is 3.56. The summed E-state index contributed by atoms with van der Waals surface area (Å²) in [5.41, 5.74) is 0. The molecule has 0 aliphatic carbocycles. The van der Waals surface area contributed by atoms with Gasteiger partial charge in [0, 0.05) is 22.6 Å². The Hall–Kier alpha value is -0.650. The fraction of sp³-hybridized carbons (Fsp3) is 0.500. The second kappa shape index (κ2) is 5.90. The van der Waals surface area contributed by atoms with Crippen molar-refractivity contribution < 1.29 is 27.4 Å². The summed E-state index contributed by atoms with van der Waals surface area (Å²) < 4.78 is 44.5. The molecule has 0 amide bonds. The van der Waals surface area contributed by atoms with Gasteiger partial charge in [-0.3, -0.25) is 0 Å². The predicted octanol–water partition coefficient (Wildman–Crippen LogP) is 2.10. The Morgan fingerprint density at radius 2 is 2.00 bits per heavy atom. The summed E-state index contributed by atoms with van der Waals surface area (Å²) in [7, 11) is 0. The molecule has 74 valence electrons. The summed E-state index contributed by atoms with van der Waals surface area (Å²) in [6.07, 6.45) is -5.91. The molecule has 3 nitrogen and oxygen atoms in total. The molecular formula is C6H4F3IO3. The first-order chi connectivity index (χ1) is 5.95. The van der Waals surface area contributed by atoms with Crippen LogP contribution >= 0.6 is 22.6 Å². The lowest BCUT2D eigenvalue weighted by molar-refractivity contribution is -0.165. The molecule has 0 fully saturated rings. The first-order valence-corrected chi connectivity index (χ1v) is 3.98. The molecule has 0 saturated carbocycles. The fourth-order valence-electron chi connectivity index (χ4n) is 0.305. The molecule has 0 aromatic carbocycles. The van der Waals surface area contributed by atoms with Gasteiger partial charge in [0.05, 0.1) is 0 Å². The van der Waals surface area contributed by atoms with Gasteiger partial charge in [-0.05, 0) is 3.93 Å². The van der Waals surface area contributed by atoms with E-state index in [1.165, 1.54) is 0 Å². The van der Waals surface area contributed by atoms with Gasteiger partial charge in [-0.25, -0.2) is 4.79 Å². The maximum Gasteiger partial charge on any atom is 0.509 e. The zero-order valence-corrected chi connectivity index (χ0v) is 8.31. The lowest BCUT2D eigenvalue weighted by Crippen LogP contribution is -2.20. The molecule has 0 heterocycles. The molecule has 0 aliphatic rings. The van der Waals surface area contributed by atoms with E-state index in [9.17, 15) is 18.0 Å². The Kier molecular flexibility index (Phi) is 5.61. The average Bonchev–Trinajstić information content (AvgIpc) is 2.00. The van der Waals surface area contributed by atoms with E-state index in [0.29, 0.717) is 0 Å². The highest BCUT2D eigenvalue weighted by molar-refractivity contribution is 14.1. The molecule has 13 heavy (non-hydrogen) atoms. The van der Waals surface area contributed by atoms with Crippen molar-refractivity contribution in [2.75, 3.05) is 13.2 Å². The van der Waals surface area contributed by atoms with Gasteiger partial charge in [-0.15, -0.1) is 0 Å². The molecule has 0 aliphatic heterocycles. The van der Waals surface area contributed by atoms with E-state index in [1.807, 2.05) is 0 Å². The average molecular weight is 308 g/mol. The van der Waals surface area contributed by atoms with E-state index in [-0.39, 0.29) is 6.61 Å². The molecular weight excluding hydrogens is 304 g/mol. The summed E-state index contributed by atoms with van der Waals surface area (Å²) in [5, 5.41) is 0. The van der Waals surface area contributed by atoms with E-state index in [4.69, 9.17) is 0 Å². The number of carbonyl (C=O) groups excluding carboxylic acids is 1. The molecule has 0 spiro atoms. The molecule has 0 bridgehead atoms. The van der Waals surface area contributed by atoms with Crippen molar-refractivity contribution >= 4 is 28.7 Å². The lowest BCUT2D eigenvalue weighted by Gasteiger charge is -2.06. The number of halogens is 4. The zero-order valence-electron chi connectivity index (χ0n) is 6.15. The molecule has 0 aromatic rings. The van der Waals surface area contributed by atoms with Gasteiger partial charge in [0.2, 0.25) is 0 Å². The monoisotopic (exact) mass is 308 g/mol. The number of carbonyl (C=O) groups is 1. The summed E-state index contributed by atoms with van der Waals surface area (Å²) in [6.45, 7) is -1.93. The first kappa shape index (κ1) is 12.3. The molecule has 0 rings (SSSR count). The summed E-state index contributed by atoms with van der Waals surface area (Å²) in [5.74, 6) is 2.31. The van der Waals surface area contributed by atoms with E-state index in [0.717, 1.165) is 0 Å². The van der Waals surface area contributed by atoms with Crippen LogP contribution in [0.4, 0.5) is 18.0 Å². The Morgan fingerprint density at radius 3 is 2.46 bits per heavy atom. The number of rotatable bonds is 2. The van der Waals surface area contributed by atoms with E-state index in [2.05, 4.69) is 19.3 Å². The largest absolute Gasteiger partial charge is 0.509 e. The minimum absolute atomic E-state index is 0.278. The van der Waals surface area contributed by atoms with Crippen LogP contribution in [0.2, 0.25) is 0 Å². The minimum Gasteiger partial charge on any atom is -0.425 e. The van der Waals surface area contributed by atoms with Crippen molar-refractivity contribution in [2.45, 2.75) is 6.18 Å². The zero-order chi connectivity index (χ0) is 10.3. The van der Waals surface area contributed by atoms with Crippen LogP contribution < -0.4 is 0 Å². The van der Waals surface area contributed by atoms with Crippen LogP contribution in [0.3, 0.4) is 0 Å². The second-order valence-corrected chi connectivity index (χ2v) is 2.25. The Morgan fingerprint density at radius 1 is 1.38 bits per heavy atom. The number of hydrogen-bond acceptors (Lipinski definition) is 3. The van der Waals surface area contributed by atoms with Crippen molar-refractivity contribution in [3.05, 3.63) is 0 Å². The summed E-state index contributed by atoms with van der Waals surface area (Å²) in [4.78, 5) is 10.3. The second-order valence-electron chi connectivity index (χ2n) is 1.71. The van der Waals surface area contributed by atoms with Crippen LogP contribution in [0, 0.1) is 9.85 Å². The highest BCUT2D eigenvalue weighted by atomic mass is 127. The van der Waals surface area contributed by atoms with Gasteiger partial charge in [0.25, 0.3) is 0 Å². The SMILES string of the molecule is O=C(OCC#CI)OCC(F)(F)F. The minimum atomic E-state index is -4.53. The molecule has 0 saturated heterocycles. The predicted molar refractivity (Wildman–Crippen MR) is 45.2 cm³/mol. The maximum absolute atomic E-state index is 11.4. The molecule has 0 unspecified atom stereocenters. The van der Waals surface area contributed by atoms with Gasteiger partial charge >= 0.3 is 12.3 Å². The summed E-state index contributed by atoms with van der Waals surface area (Å²) >= 11 is 1.70. The third kappa shape index (κ3) is 9.26. The van der Waals surface area contributed by atoms with Crippen molar-refractivity contribution in [1.82, 2.24) is 0 Å². The maximum atomic E-state index is 11.4. The fourth-order valence-corrected chi connectivity index (χ4v) is 0.460. The topological polar surface area (TPSA) is 35.5 Å². The van der Waals surface area contributed by atoms with Crippen LogP contribution in [-0.4, -0.2) is 25.5 Å². The molecule has 0 aromatic heterocycles. The van der Waals surface area contributed by atoms with Gasteiger partial charge in [0.1, 0.15) is 0 Å². The summed E-state index contributed by atoms with van der Waals surface area (Å²) in [6, 6.07) is 0. The smallest absolute Gasteiger partial charge is 0.425 e. The van der Waals surface area contributed by atoms with Crippen molar-refractivity contribution in [3.8, 4) is 9.85 Å². The van der Waals surface area contributed by atoms with Crippen molar-refractivity contribution in [2.24, 2.45) is 0 Å². The standard InChI is InChI=1S/C6H4F3IO3/c7-6(8,9)4-13-5(11)12-3-1-2-10/h3-4H2. The van der Waals surface area contributed by atoms with E-state index in [1.54, 1.807) is 22.6 Å². The molecule has 0 atom stereocenters. The van der Waals surface area contributed by atoms with Crippen LogP contribution in [-0.2, 0) is 9.47 Å². The molecule has 7 heteroatoms. The van der Waals surface area contributed by atoms with Gasteiger partial charge in [-0.1, -0.05) is 5.92 Å². The van der Waals surface area contributed by atoms with Crippen LogP contribution in [0.1, 0.15) is 0 Å². The third-order valence-electron chi connectivity index (χ3n) is 0.683. The normalized spacial score (nSPS) is 9.85. The number of ether oxygens (including phenoxy) is 2.